The Kier molecular flexibility index (Phi) is 1.24. The second-order valence-electron chi connectivity index (χ2n) is 1.30. The third-order valence-electron chi connectivity index (χ3n) is 0.733. The van der Waals surface area contributed by atoms with Gasteiger partial charge in [0.05, 0.1) is 6.20 Å². The van der Waals surface area contributed by atoms with Crippen LogP contribution in [0.25, 0.3) is 0 Å². The standard InChI is InChI=1S/C4H2N4O/c5-1-4-2-8(3-9)7-6-4/h2-3H. The fourth-order valence-electron chi connectivity index (χ4n) is 0.379. The third kappa shape index (κ3) is 0.912. The number of carbonyl (C=O) groups is 1. The molecule has 5 heteroatoms. The van der Waals surface area contributed by atoms with E-state index in [-0.39, 0.29) is 5.69 Å². The van der Waals surface area contributed by atoms with E-state index in [1.165, 1.54) is 6.20 Å². The zero-order valence-corrected chi connectivity index (χ0v) is 4.35. The smallest absolute Gasteiger partial charge is 0.235 e. The first kappa shape index (κ1) is 5.44. The van der Waals surface area contributed by atoms with Gasteiger partial charge in [0.25, 0.3) is 0 Å². The minimum atomic E-state index is 0.141. The highest BCUT2D eigenvalue weighted by Gasteiger charge is 1.94. The number of carbonyl (C=O) groups excluding carboxylic acids is 1. The van der Waals surface area contributed by atoms with E-state index in [4.69, 9.17) is 5.26 Å². The van der Waals surface area contributed by atoms with Crippen molar-refractivity contribution >= 4 is 6.41 Å². The van der Waals surface area contributed by atoms with Crippen molar-refractivity contribution in [2.75, 3.05) is 0 Å². The van der Waals surface area contributed by atoms with Crippen molar-refractivity contribution in [3.8, 4) is 6.07 Å². The van der Waals surface area contributed by atoms with Gasteiger partial charge in [0.2, 0.25) is 6.41 Å². The topological polar surface area (TPSA) is 71.6 Å². The molecule has 1 rings (SSSR count). The van der Waals surface area contributed by atoms with Crippen LogP contribution in [0.1, 0.15) is 5.69 Å². The number of rotatable bonds is 1. The van der Waals surface area contributed by atoms with Crippen molar-refractivity contribution in [3.63, 3.8) is 0 Å². The number of hydrogen-bond donors (Lipinski definition) is 0. The molecule has 9 heavy (non-hydrogen) atoms. The summed E-state index contributed by atoms with van der Waals surface area (Å²) in [6.45, 7) is 0. The van der Waals surface area contributed by atoms with Gasteiger partial charge in [0, 0.05) is 0 Å². The highest BCUT2D eigenvalue weighted by molar-refractivity contribution is 5.50. The molecule has 5 nitrogen and oxygen atoms in total. The van der Waals surface area contributed by atoms with Crippen LogP contribution in [-0.2, 0) is 4.79 Å². The minimum Gasteiger partial charge on any atom is -0.276 e. The maximum Gasteiger partial charge on any atom is 0.235 e. The second-order valence-corrected chi connectivity index (χ2v) is 1.30. The summed E-state index contributed by atoms with van der Waals surface area (Å²) in [5.41, 5.74) is 0.141. The van der Waals surface area contributed by atoms with Gasteiger partial charge in [-0.05, 0) is 0 Å². The Morgan fingerprint density at radius 2 is 2.67 bits per heavy atom. The van der Waals surface area contributed by atoms with Gasteiger partial charge in [0.15, 0.2) is 5.69 Å². The first-order chi connectivity index (χ1) is 4.36. The molecule has 1 aromatic heterocycles. The van der Waals surface area contributed by atoms with Crippen LogP contribution in [-0.4, -0.2) is 21.4 Å². The molecule has 0 N–H and O–H groups in total. The van der Waals surface area contributed by atoms with Crippen LogP contribution in [0.4, 0.5) is 0 Å². The molecule has 0 aliphatic rings. The molecule has 0 atom stereocenters. The normalized spacial score (nSPS) is 8.33. The van der Waals surface area contributed by atoms with E-state index >= 15 is 0 Å². The highest BCUT2D eigenvalue weighted by atomic mass is 16.1. The Hall–Kier alpha value is -1.70. The van der Waals surface area contributed by atoms with Crippen LogP contribution in [0.3, 0.4) is 0 Å². The van der Waals surface area contributed by atoms with Crippen molar-refractivity contribution in [2.24, 2.45) is 0 Å². The average Bonchev–Trinajstić information content (AvgIpc) is 2.34. The molecule has 0 saturated heterocycles. The first-order valence-electron chi connectivity index (χ1n) is 2.14. The maximum atomic E-state index is 9.89. The molecular weight excluding hydrogens is 120 g/mol. The van der Waals surface area contributed by atoms with Gasteiger partial charge in [-0.2, -0.15) is 9.94 Å². The Morgan fingerprint density at radius 3 is 3.00 bits per heavy atom. The summed E-state index contributed by atoms with van der Waals surface area (Å²) in [7, 11) is 0. The summed E-state index contributed by atoms with van der Waals surface area (Å²) < 4.78 is 0.929. The molecule has 1 aromatic rings. The minimum absolute atomic E-state index is 0.141. The number of aromatic nitrogens is 3. The number of nitrogens with zero attached hydrogens (tertiary/aromatic N) is 4. The molecule has 0 saturated carbocycles. The lowest BCUT2D eigenvalue weighted by atomic mass is 10.5. The highest BCUT2D eigenvalue weighted by Crippen LogP contribution is 1.84. The van der Waals surface area contributed by atoms with Gasteiger partial charge in [-0.3, -0.25) is 4.79 Å². The quantitative estimate of drug-likeness (QED) is 0.456. The molecule has 0 bridgehead atoms. The van der Waals surface area contributed by atoms with Gasteiger partial charge in [-0.1, -0.05) is 5.21 Å². The fourth-order valence-corrected chi connectivity index (χ4v) is 0.379. The van der Waals surface area contributed by atoms with E-state index in [2.05, 4.69) is 10.3 Å². The lowest BCUT2D eigenvalue weighted by molar-refractivity contribution is 0.538. The van der Waals surface area contributed by atoms with E-state index in [9.17, 15) is 4.79 Å². The van der Waals surface area contributed by atoms with Gasteiger partial charge in [-0.15, -0.1) is 5.10 Å². The lowest BCUT2D eigenvalue weighted by Gasteiger charge is -1.73. The molecule has 1 heterocycles. The number of hydrogen-bond acceptors (Lipinski definition) is 4. The van der Waals surface area contributed by atoms with E-state index in [0.717, 1.165) is 4.68 Å². The van der Waals surface area contributed by atoms with Crippen molar-refractivity contribution in [1.82, 2.24) is 15.0 Å². The zero-order valence-electron chi connectivity index (χ0n) is 4.35. The molecular formula is C4H2N4O. The molecule has 0 aliphatic carbocycles. The van der Waals surface area contributed by atoms with Crippen molar-refractivity contribution in [1.29, 1.82) is 5.26 Å². The molecule has 0 aromatic carbocycles. The van der Waals surface area contributed by atoms with Crippen molar-refractivity contribution in [3.05, 3.63) is 11.9 Å². The fraction of sp³-hybridized carbons (Fsp3) is 0. The van der Waals surface area contributed by atoms with Crippen LogP contribution in [0.2, 0.25) is 0 Å². The van der Waals surface area contributed by atoms with Gasteiger partial charge >= 0.3 is 0 Å². The van der Waals surface area contributed by atoms with Crippen LogP contribution < -0.4 is 0 Å². The number of nitriles is 1. The van der Waals surface area contributed by atoms with Crippen LogP contribution in [0, 0.1) is 11.3 Å². The molecule has 0 unspecified atom stereocenters. The molecule has 0 spiro atoms. The first-order valence-corrected chi connectivity index (χ1v) is 2.14. The van der Waals surface area contributed by atoms with Crippen LogP contribution >= 0.6 is 0 Å². The summed E-state index contributed by atoms with van der Waals surface area (Å²) in [6, 6.07) is 1.73. The van der Waals surface area contributed by atoms with Crippen LogP contribution in [0.5, 0.6) is 0 Å². The van der Waals surface area contributed by atoms with Gasteiger partial charge in [-0.25, -0.2) is 0 Å². The molecule has 0 radical (unpaired) electrons. The predicted molar refractivity (Wildman–Crippen MR) is 26.9 cm³/mol. The summed E-state index contributed by atoms with van der Waals surface area (Å²) in [5, 5.41) is 14.8. The van der Waals surface area contributed by atoms with E-state index in [0.29, 0.717) is 6.41 Å². The zero-order chi connectivity index (χ0) is 6.69. The molecule has 0 aliphatic heterocycles. The summed E-state index contributed by atoms with van der Waals surface area (Å²) in [6.07, 6.45) is 1.71. The molecule has 0 amide bonds. The van der Waals surface area contributed by atoms with E-state index in [1.807, 2.05) is 0 Å². The third-order valence-corrected chi connectivity index (χ3v) is 0.733. The Balaban J connectivity index is 3.03. The largest absolute Gasteiger partial charge is 0.276 e. The summed E-state index contributed by atoms with van der Waals surface area (Å²) in [5.74, 6) is 0. The van der Waals surface area contributed by atoms with Crippen LogP contribution in [0.15, 0.2) is 6.20 Å². The Labute approximate surface area is 50.5 Å². The predicted octanol–water partition coefficient (Wildman–Crippen LogP) is -0.812. The average molecular weight is 122 g/mol. The van der Waals surface area contributed by atoms with E-state index < -0.39 is 0 Å². The monoisotopic (exact) mass is 122 g/mol. The maximum absolute atomic E-state index is 9.89. The SMILES string of the molecule is N#Cc1cn(C=O)nn1. The van der Waals surface area contributed by atoms with Gasteiger partial charge in [0.1, 0.15) is 6.07 Å². The van der Waals surface area contributed by atoms with Gasteiger partial charge < -0.3 is 0 Å². The van der Waals surface area contributed by atoms with E-state index in [1.54, 1.807) is 6.07 Å². The summed E-state index contributed by atoms with van der Waals surface area (Å²) in [4.78, 5) is 9.89. The summed E-state index contributed by atoms with van der Waals surface area (Å²) >= 11 is 0. The van der Waals surface area contributed by atoms with Crippen molar-refractivity contribution < 1.29 is 4.79 Å². The van der Waals surface area contributed by atoms with Crippen molar-refractivity contribution in [2.45, 2.75) is 0 Å². The Bertz CT molecular complexity index is 258. The molecule has 44 valence electrons. The lowest BCUT2D eigenvalue weighted by Crippen LogP contribution is -1.93. The second kappa shape index (κ2) is 2.05. The molecule has 0 fully saturated rings. The Morgan fingerprint density at radius 1 is 1.89 bits per heavy atom.